The molecule has 0 saturated carbocycles. The molecule has 0 unspecified atom stereocenters. The number of carbonyl (C=O) groups excluding carboxylic acids is 1. The van der Waals surface area contributed by atoms with E-state index in [1.807, 2.05) is 27.7 Å². The van der Waals surface area contributed by atoms with Gasteiger partial charge in [0.05, 0.1) is 0 Å². The first kappa shape index (κ1) is 18.9. The van der Waals surface area contributed by atoms with Crippen LogP contribution in [0.3, 0.4) is 0 Å². The number of carbonyl (C=O) groups is 1. The lowest BCUT2D eigenvalue weighted by Gasteiger charge is -2.08. The average Bonchev–Trinajstić information content (AvgIpc) is 2.35. The molecule has 0 aliphatic heterocycles. The molecule has 0 atom stereocenters. The number of hydrogen-bond donors (Lipinski definition) is 0. The Hall–Kier alpha value is -1.45. The van der Waals surface area contributed by atoms with E-state index in [2.05, 4.69) is 30.5 Å². The van der Waals surface area contributed by atoms with Gasteiger partial charge in [0, 0.05) is 12.6 Å². The Balaban J connectivity index is 0. The maximum atomic E-state index is 10.6. The van der Waals surface area contributed by atoms with Gasteiger partial charge in [-0.05, 0) is 32.1 Å². The topological polar surface area (TPSA) is 51.0 Å². The van der Waals surface area contributed by atoms with E-state index < -0.39 is 0 Å². The second-order valence-electron chi connectivity index (χ2n) is 3.89. The first-order valence-electron chi connectivity index (χ1n) is 6.23. The fraction of sp³-hybridized carbons (Fsp3) is 0.643. The predicted octanol–water partition coefficient (Wildman–Crippen LogP) is 3.62. The van der Waals surface area contributed by atoms with Gasteiger partial charge in [0.15, 0.2) is 12.4 Å². The van der Waals surface area contributed by atoms with Crippen molar-refractivity contribution in [3.05, 3.63) is 11.3 Å². The highest BCUT2D eigenvalue weighted by molar-refractivity contribution is 5.89. The minimum absolute atomic E-state index is 0.0710. The third-order valence-electron chi connectivity index (χ3n) is 2.32. The summed E-state index contributed by atoms with van der Waals surface area (Å²) in [5.74, 6) is 0.509. The Kier molecular flexibility index (Phi) is 11.2. The molecule has 0 heterocycles. The van der Waals surface area contributed by atoms with E-state index in [1.54, 1.807) is 0 Å². The van der Waals surface area contributed by atoms with Crippen molar-refractivity contribution in [2.24, 2.45) is 15.9 Å². The molecule has 0 saturated heterocycles. The number of allylic oxidation sites excluding steroid dienone is 2. The van der Waals surface area contributed by atoms with Gasteiger partial charge >= 0.3 is 5.97 Å². The van der Waals surface area contributed by atoms with Crippen molar-refractivity contribution in [2.75, 3.05) is 6.61 Å². The minimum atomic E-state index is -0.349. The number of aliphatic imine (C=N–C) groups is 2. The monoisotopic (exact) mass is 254 g/mol. The van der Waals surface area contributed by atoms with Crippen LogP contribution in [-0.2, 0) is 9.53 Å². The summed E-state index contributed by atoms with van der Waals surface area (Å²) in [6.45, 7) is 17.0. The van der Waals surface area contributed by atoms with Crippen molar-refractivity contribution >= 4 is 18.5 Å². The van der Waals surface area contributed by atoms with Crippen molar-refractivity contribution in [3.8, 4) is 0 Å². The van der Waals surface area contributed by atoms with Crippen molar-refractivity contribution in [1.82, 2.24) is 0 Å². The number of esters is 1. The molecular formula is C14H26N2O2. The van der Waals surface area contributed by atoms with E-state index in [-0.39, 0.29) is 12.6 Å². The molecule has 4 nitrogen and oxygen atoms in total. The second-order valence-corrected chi connectivity index (χ2v) is 3.89. The lowest BCUT2D eigenvalue weighted by molar-refractivity contribution is -0.139. The fourth-order valence-corrected chi connectivity index (χ4v) is 0.979. The van der Waals surface area contributed by atoms with Crippen molar-refractivity contribution in [3.63, 3.8) is 0 Å². The Morgan fingerprint density at radius 2 is 1.72 bits per heavy atom. The largest absolute Gasteiger partial charge is 0.458 e. The molecule has 104 valence electrons. The SMILES string of the molecule is C=NC(COC(C)=O)=N/C(C)=C(\C)C(C)C.CC. The zero-order valence-electron chi connectivity index (χ0n) is 12.7. The van der Waals surface area contributed by atoms with Gasteiger partial charge in [0.2, 0.25) is 0 Å². The molecule has 0 aromatic rings. The molecule has 0 N–H and O–H groups in total. The van der Waals surface area contributed by atoms with Crippen LogP contribution < -0.4 is 0 Å². The summed E-state index contributed by atoms with van der Waals surface area (Å²) in [7, 11) is 0. The van der Waals surface area contributed by atoms with Crippen LogP contribution in [0.15, 0.2) is 21.3 Å². The lowest BCUT2D eigenvalue weighted by Crippen LogP contribution is -2.10. The molecule has 0 amide bonds. The number of nitrogens with zero attached hydrogens (tertiary/aromatic N) is 2. The third kappa shape index (κ3) is 8.67. The van der Waals surface area contributed by atoms with Crippen LogP contribution in [0.5, 0.6) is 0 Å². The Morgan fingerprint density at radius 1 is 1.22 bits per heavy atom. The molecule has 0 spiro atoms. The van der Waals surface area contributed by atoms with Crippen molar-refractivity contribution < 1.29 is 9.53 Å². The molecule has 0 rings (SSSR count). The maximum Gasteiger partial charge on any atom is 0.303 e. The smallest absolute Gasteiger partial charge is 0.303 e. The normalized spacial score (nSPS) is 12.3. The Morgan fingerprint density at radius 3 is 2.06 bits per heavy atom. The van der Waals surface area contributed by atoms with E-state index >= 15 is 0 Å². The van der Waals surface area contributed by atoms with Crippen LogP contribution in [-0.4, -0.2) is 25.1 Å². The average molecular weight is 254 g/mol. The molecule has 18 heavy (non-hydrogen) atoms. The van der Waals surface area contributed by atoms with Crippen molar-refractivity contribution in [1.29, 1.82) is 0 Å². The summed E-state index contributed by atoms with van der Waals surface area (Å²) in [5, 5.41) is 0. The van der Waals surface area contributed by atoms with Crippen LogP contribution in [0.2, 0.25) is 0 Å². The zero-order valence-corrected chi connectivity index (χ0v) is 12.7. The van der Waals surface area contributed by atoms with Gasteiger partial charge in [0.25, 0.3) is 0 Å². The highest BCUT2D eigenvalue weighted by Gasteiger charge is 2.04. The zero-order chi connectivity index (χ0) is 14.7. The van der Waals surface area contributed by atoms with E-state index in [9.17, 15) is 4.79 Å². The summed E-state index contributed by atoms with van der Waals surface area (Å²) in [6, 6.07) is 0. The van der Waals surface area contributed by atoms with Crippen LogP contribution >= 0.6 is 0 Å². The van der Waals surface area contributed by atoms with Gasteiger partial charge in [-0.15, -0.1) is 0 Å². The molecule has 0 aromatic carbocycles. The maximum absolute atomic E-state index is 10.6. The van der Waals surface area contributed by atoms with Gasteiger partial charge in [-0.3, -0.25) is 4.79 Å². The molecule has 0 aliphatic rings. The van der Waals surface area contributed by atoms with Crippen LogP contribution in [0.4, 0.5) is 0 Å². The predicted molar refractivity (Wildman–Crippen MR) is 78.2 cm³/mol. The molecular weight excluding hydrogens is 228 g/mol. The van der Waals surface area contributed by atoms with Crippen LogP contribution in [0.25, 0.3) is 0 Å². The lowest BCUT2D eigenvalue weighted by atomic mass is 10.0. The van der Waals surface area contributed by atoms with Gasteiger partial charge in [-0.25, -0.2) is 9.98 Å². The van der Waals surface area contributed by atoms with Gasteiger partial charge in [-0.2, -0.15) is 0 Å². The van der Waals surface area contributed by atoms with E-state index in [0.29, 0.717) is 11.8 Å². The Bertz CT molecular complexity index is 329. The molecule has 0 radical (unpaired) electrons. The van der Waals surface area contributed by atoms with Gasteiger partial charge < -0.3 is 4.74 Å². The van der Waals surface area contributed by atoms with Gasteiger partial charge in [-0.1, -0.05) is 27.7 Å². The van der Waals surface area contributed by atoms with E-state index in [4.69, 9.17) is 4.74 Å². The summed E-state index contributed by atoms with van der Waals surface area (Å²) in [5.41, 5.74) is 2.08. The Labute approximate surface area is 111 Å². The third-order valence-corrected chi connectivity index (χ3v) is 2.32. The minimum Gasteiger partial charge on any atom is -0.458 e. The van der Waals surface area contributed by atoms with Crippen LogP contribution in [0, 0.1) is 5.92 Å². The molecule has 0 aromatic heterocycles. The van der Waals surface area contributed by atoms with Gasteiger partial charge in [0.1, 0.15) is 0 Å². The number of ether oxygens (including phenoxy) is 1. The second kappa shape index (κ2) is 10.7. The molecule has 0 aliphatic carbocycles. The first-order valence-corrected chi connectivity index (χ1v) is 6.23. The highest BCUT2D eigenvalue weighted by Crippen LogP contribution is 2.14. The molecule has 0 bridgehead atoms. The van der Waals surface area contributed by atoms with Crippen molar-refractivity contribution in [2.45, 2.75) is 48.5 Å². The summed E-state index contributed by atoms with van der Waals surface area (Å²) in [6.07, 6.45) is 0. The summed E-state index contributed by atoms with van der Waals surface area (Å²) < 4.78 is 4.81. The summed E-state index contributed by atoms with van der Waals surface area (Å²) in [4.78, 5) is 18.6. The number of rotatable bonds is 4. The first-order chi connectivity index (χ1) is 8.38. The van der Waals surface area contributed by atoms with E-state index in [1.165, 1.54) is 12.5 Å². The quantitative estimate of drug-likeness (QED) is 0.437. The number of hydrogen-bond acceptors (Lipinski definition) is 3. The molecule has 4 heteroatoms. The number of amidine groups is 1. The summed E-state index contributed by atoms with van der Waals surface area (Å²) >= 11 is 0. The standard InChI is InChI=1S/C12H20N2O2.C2H6/c1-8(2)9(3)10(4)14-12(13-6)7-16-11(5)15;1-2/h8H,6-7H2,1-5H3;1-2H3/b10-9+,14-12?;. The molecule has 0 fully saturated rings. The van der Waals surface area contributed by atoms with Crippen LogP contribution in [0.1, 0.15) is 48.5 Å². The highest BCUT2D eigenvalue weighted by atomic mass is 16.5. The van der Waals surface area contributed by atoms with E-state index in [0.717, 1.165) is 5.70 Å². The fourth-order valence-electron chi connectivity index (χ4n) is 0.979.